The van der Waals surface area contributed by atoms with Crippen molar-refractivity contribution in [2.24, 2.45) is 11.1 Å². The van der Waals surface area contributed by atoms with Crippen LogP contribution in [0.1, 0.15) is 44.4 Å². The molecule has 4 nitrogen and oxygen atoms in total. The Hall–Kier alpha value is -1.10. The molecule has 0 aromatic heterocycles. The molecule has 0 aliphatic heterocycles. The van der Waals surface area contributed by atoms with Crippen LogP contribution in [-0.2, 0) is 9.53 Å². The Morgan fingerprint density at radius 3 is 2.45 bits per heavy atom. The zero-order valence-electron chi connectivity index (χ0n) is 14.2. The summed E-state index contributed by atoms with van der Waals surface area (Å²) in [5, 5.41) is 3.13. The molecular weight excluding hydrogens is 300 g/mol. The third-order valence-electron chi connectivity index (χ3n) is 3.56. The lowest BCUT2D eigenvalue weighted by atomic mass is 9.82. The number of carbonyl (C=O) groups is 1. The van der Waals surface area contributed by atoms with Crippen LogP contribution in [0.4, 0.5) is 0 Å². The van der Waals surface area contributed by atoms with E-state index in [1.54, 1.807) is 7.11 Å². The molecule has 0 saturated carbocycles. The maximum Gasteiger partial charge on any atom is 0.223 e. The molecule has 5 heteroatoms. The fourth-order valence-electron chi connectivity index (χ4n) is 2.34. The smallest absolute Gasteiger partial charge is 0.223 e. The number of hydrogen-bond acceptors (Lipinski definition) is 3. The van der Waals surface area contributed by atoms with Crippen LogP contribution in [0.25, 0.3) is 0 Å². The molecule has 1 aromatic rings. The first-order valence-corrected chi connectivity index (χ1v) is 7.36. The van der Waals surface area contributed by atoms with E-state index in [4.69, 9.17) is 10.5 Å². The number of ether oxygens (including phenoxy) is 1. The molecule has 1 rings (SSSR count). The minimum absolute atomic E-state index is 0. The number of amides is 1. The Kier molecular flexibility index (Phi) is 8.68. The Balaban J connectivity index is 0.00000441. The Labute approximate surface area is 140 Å². The van der Waals surface area contributed by atoms with Crippen molar-refractivity contribution < 1.29 is 9.53 Å². The highest BCUT2D eigenvalue weighted by Gasteiger charge is 2.28. The molecule has 0 aliphatic carbocycles. The molecule has 0 saturated heterocycles. The van der Waals surface area contributed by atoms with Crippen LogP contribution in [0.15, 0.2) is 24.3 Å². The lowest BCUT2D eigenvalue weighted by Crippen LogP contribution is -2.39. The van der Waals surface area contributed by atoms with Gasteiger partial charge in [-0.2, -0.15) is 0 Å². The maximum absolute atomic E-state index is 12.2. The van der Waals surface area contributed by atoms with Crippen molar-refractivity contribution in [2.75, 3.05) is 13.7 Å². The molecule has 22 heavy (non-hydrogen) atoms. The molecular formula is C17H29ClN2O2. The van der Waals surface area contributed by atoms with Crippen LogP contribution in [0, 0.1) is 12.3 Å². The third kappa shape index (κ3) is 6.34. The highest BCUT2D eigenvalue weighted by molar-refractivity contribution is 5.85. The normalized spacial score (nSPS) is 13.9. The molecule has 0 fully saturated rings. The standard InChI is InChI=1S/C17H28N2O2.ClH/c1-12-7-6-8-13(9-12)16(17(2,3)4)19-15(20)10-14(11-18)21-5;/h6-9,14,16H,10-11,18H2,1-5H3,(H,19,20);1H. The average Bonchev–Trinajstić information content (AvgIpc) is 2.40. The SMILES string of the molecule is COC(CN)CC(=O)NC(c1cccc(C)c1)C(C)(C)C.Cl. The summed E-state index contributed by atoms with van der Waals surface area (Å²) in [4.78, 5) is 12.2. The molecule has 0 bridgehead atoms. The predicted octanol–water partition coefficient (Wildman–Crippen LogP) is 2.98. The van der Waals surface area contributed by atoms with Gasteiger partial charge in [0.05, 0.1) is 18.6 Å². The van der Waals surface area contributed by atoms with Crippen LogP contribution < -0.4 is 11.1 Å². The van der Waals surface area contributed by atoms with E-state index in [0.29, 0.717) is 6.54 Å². The largest absolute Gasteiger partial charge is 0.380 e. The van der Waals surface area contributed by atoms with Gasteiger partial charge in [-0.05, 0) is 17.9 Å². The van der Waals surface area contributed by atoms with Gasteiger partial charge in [-0.3, -0.25) is 4.79 Å². The van der Waals surface area contributed by atoms with E-state index in [-0.39, 0.29) is 42.3 Å². The van der Waals surface area contributed by atoms with E-state index in [0.717, 1.165) is 5.56 Å². The molecule has 0 radical (unpaired) electrons. The van der Waals surface area contributed by atoms with Gasteiger partial charge in [-0.15, -0.1) is 12.4 Å². The van der Waals surface area contributed by atoms with Gasteiger partial charge < -0.3 is 15.8 Å². The fourth-order valence-corrected chi connectivity index (χ4v) is 2.34. The van der Waals surface area contributed by atoms with Gasteiger partial charge in [0.15, 0.2) is 0 Å². The van der Waals surface area contributed by atoms with Gasteiger partial charge >= 0.3 is 0 Å². The molecule has 0 spiro atoms. The molecule has 0 heterocycles. The minimum Gasteiger partial charge on any atom is -0.380 e. The van der Waals surface area contributed by atoms with Crippen LogP contribution in [-0.4, -0.2) is 25.7 Å². The van der Waals surface area contributed by atoms with E-state index in [1.807, 2.05) is 6.07 Å². The van der Waals surface area contributed by atoms with Gasteiger partial charge in [0.1, 0.15) is 0 Å². The first kappa shape index (κ1) is 20.9. The molecule has 0 aliphatic rings. The van der Waals surface area contributed by atoms with Crippen LogP contribution in [0.3, 0.4) is 0 Å². The molecule has 1 amide bonds. The van der Waals surface area contributed by atoms with Crippen molar-refractivity contribution in [3.8, 4) is 0 Å². The lowest BCUT2D eigenvalue weighted by molar-refractivity contribution is -0.125. The summed E-state index contributed by atoms with van der Waals surface area (Å²) < 4.78 is 5.18. The number of aryl methyl sites for hydroxylation is 1. The lowest BCUT2D eigenvalue weighted by Gasteiger charge is -2.32. The summed E-state index contributed by atoms with van der Waals surface area (Å²) in [6, 6.07) is 8.21. The van der Waals surface area contributed by atoms with Gasteiger partial charge in [-0.25, -0.2) is 0 Å². The summed E-state index contributed by atoms with van der Waals surface area (Å²) in [6.45, 7) is 8.76. The summed E-state index contributed by atoms with van der Waals surface area (Å²) in [6.07, 6.45) is 0.0499. The van der Waals surface area contributed by atoms with E-state index in [2.05, 4.69) is 51.2 Å². The third-order valence-corrected chi connectivity index (χ3v) is 3.56. The van der Waals surface area contributed by atoms with Gasteiger partial charge in [0, 0.05) is 13.7 Å². The monoisotopic (exact) mass is 328 g/mol. The van der Waals surface area contributed by atoms with Crippen molar-refractivity contribution in [2.45, 2.75) is 46.3 Å². The fraction of sp³-hybridized carbons (Fsp3) is 0.588. The van der Waals surface area contributed by atoms with Crippen molar-refractivity contribution in [3.63, 3.8) is 0 Å². The van der Waals surface area contributed by atoms with Crippen molar-refractivity contribution >= 4 is 18.3 Å². The first-order valence-electron chi connectivity index (χ1n) is 7.36. The molecule has 126 valence electrons. The molecule has 1 aromatic carbocycles. The minimum atomic E-state index is -0.233. The quantitative estimate of drug-likeness (QED) is 0.843. The Morgan fingerprint density at radius 2 is 2.00 bits per heavy atom. The number of benzene rings is 1. The maximum atomic E-state index is 12.2. The number of halogens is 1. The topological polar surface area (TPSA) is 64.3 Å². The zero-order valence-corrected chi connectivity index (χ0v) is 15.0. The first-order chi connectivity index (χ1) is 9.77. The van der Waals surface area contributed by atoms with Gasteiger partial charge in [0.25, 0.3) is 0 Å². The second-order valence-electron chi connectivity index (χ2n) is 6.58. The zero-order chi connectivity index (χ0) is 16.0. The summed E-state index contributed by atoms with van der Waals surface area (Å²) in [5.74, 6) is -0.0336. The predicted molar refractivity (Wildman–Crippen MR) is 93.2 cm³/mol. The second-order valence-corrected chi connectivity index (χ2v) is 6.58. The number of nitrogens with one attached hydrogen (secondary N) is 1. The van der Waals surface area contributed by atoms with Gasteiger partial charge in [-0.1, -0.05) is 50.6 Å². The number of methoxy groups -OCH3 is 1. The summed E-state index contributed by atoms with van der Waals surface area (Å²) in [7, 11) is 1.58. The second kappa shape index (κ2) is 9.13. The van der Waals surface area contributed by atoms with Crippen LogP contribution in [0.2, 0.25) is 0 Å². The Morgan fingerprint density at radius 1 is 1.36 bits per heavy atom. The number of nitrogens with two attached hydrogens (primary N) is 1. The van der Waals surface area contributed by atoms with E-state index < -0.39 is 0 Å². The highest BCUT2D eigenvalue weighted by atomic mass is 35.5. The molecule has 3 N–H and O–H groups in total. The number of carbonyl (C=O) groups excluding carboxylic acids is 1. The molecule has 2 atom stereocenters. The van der Waals surface area contributed by atoms with E-state index in [9.17, 15) is 4.79 Å². The van der Waals surface area contributed by atoms with E-state index in [1.165, 1.54) is 5.56 Å². The van der Waals surface area contributed by atoms with Crippen LogP contribution >= 0.6 is 12.4 Å². The molecule has 2 unspecified atom stereocenters. The summed E-state index contributed by atoms with van der Waals surface area (Å²) in [5.41, 5.74) is 7.81. The van der Waals surface area contributed by atoms with Crippen molar-refractivity contribution in [1.82, 2.24) is 5.32 Å². The van der Waals surface area contributed by atoms with Gasteiger partial charge in [0.2, 0.25) is 5.91 Å². The highest BCUT2D eigenvalue weighted by Crippen LogP contribution is 2.33. The van der Waals surface area contributed by atoms with Crippen LogP contribution in [0.5, 0.6) is 0 Å². The average molecular weight is 329 g/mol. The van der Waals surface area contributed by atoms with Crippen molar-refractivity contribution in [3.05, 3.63) is 35.4 Å². The Bertz CT molecular complexity index is 468. The summed E-state index contributed by atoms with van der Waals surface area (Å²) >= 11 is 0. The number of rotatable bonds is 6. The van der Waals surface area contributed by atoms with E-state index >= 15 is 0 Å². The number of hydrogen-bond donors (Lipinski definition) is 2. The van der Waals surface area contributed by atoms with Crippen molar-refractivity contribution in [1.29, 1.82) is 0 Å².